The Labute approximate surface area is 374 Å². The van der Waals surface area contributed by atoms with Crippen LogP contribution in [0, 0.1) is 5.92 Å². The van der Waals surface area contributed by atoms with Crippen LogP contribution in [-0.2, 0) is 44.7 Å². The second-order valence-electron chi connectivity index (χ2n) is 18.6. The van der Waals surface area contributed by atoms with E-state index >= 15 is 0 Å². The van der Waals surface area contributed by atoms with Crippen LogP contribution in [0.2, 0.25) is 0 Å². The average Bonchev–Trinajstić information content (AvgIpc) is 3.17. The van der Waals surface area contributed by atoms with E-state index in [9.17, 15) is 28.8 Å². The molecule has 0 aromatic heterocycles. The first-order valence-corrected chi connectivity index (χ1v) is 21.8. The molecule has 0 saturated heterocycles. The van der Waals surface area contributed by atoms with Crippen LogP contribution in [0.4, 0.5) is 9.59 Å². The summed E-state index contributed by atoms with van der Waals surface area (Å²) >= 11 is 0. The fraction of sp³-hybridized carbons (Fsp3) is 0.617. The monoisotopic (exact) mass is 884 g/mol. The molecule has 0 aliphatic rings. The van der Waals surface area contributed by atoms with Gasteiger partial charge in [0.15, 0.2) is 0 Å². The summed E-state index contributed by atoms with van der Waals surface area (Å²) in [6, 6.07) is 12.4. The Balaban J connectivity index is 2.41. The Kier molecular flexibility index (Phi) is 21.5. The lowest BCUT2D eigenvalue weighted by Gasteiger charge is -2.35. The number of para-hydroxylation sites is 1. The Morgan fingerprint density at radius 3 is 1.57 bits per heavy atom. The summed E-state index contributed by atoms with van der Waals surface area (Å²) in [5, 5.41) is 13.7. The van der Waals surface area contributed by atoms with Crippen LogP contribution in [0.3, 0.4) is 0 Å². The van der Waals surface area contributed by atoms with Crippen molar-refractivity contribution in [3.8, 4) is 5.75 Å². The van der Waals surface area contributed by atoms with Crippen LogP contribution >= 0.6 is 0 Å². The second-order valence-corrected chi connectivity index (χ2v) is 18.6. The van der Waals surface area contributed by atoms with Crippen molar-refractivity contribution in [2.45, 2.75) is 175 Å². The molecule has 2 rings (SSSR count). The highest BCUT2D eigenvalue weighted by Gasteiger charge is 2.39. The summed E-state index contributed by atoms with van der Waals surface area (Å²) in [5.74, 6) is -3.06. The maximum Gasteiger partial charge on any atom is 0.408 e. The zero-order valence-corrected chi connectivity index (χ0v) is 39.5. The average molecular weight is 884 g/mol. The molecule has 5 N–H and O–H groups in total. The van der Waals surface area contributed by atoms with Gasteiger partial charge in [-0.1, -0.05) is 68.8 Å². The molecule has 63 heavy (non-hydrogen) atoms. The van der Waals surface area contributed by atoms with Gasteiger partial charge in [0, 0.05) is 6.54 Å². The van der Waals surface area contributed by atoms with Gasteiger partial charge in [0.05, 0.1) is 23.4 Å². The fourth-order valence-corrected chi connectivity index (χ4v) is 6.29. The van der Waals surface area contributed by atoms with Crippen molar-refractivity contribution in [3.63, 3.8) is 0 Å². The maximum atomic E-state index is 14.5. The molecule has 0 bridgehead atoms. The van der Waals surface area contributed by atoms with Crippen LogP contribution in [0.15, 0.2) is 60.7 Å². The quantitative estimate of drug-likeness (QED) is 0.0491. The van der Waals surface area contributed by atoms with E-state index in [1.54, 1.807) is 126 Å². The third-order valence-corrected chi connectivity index (χ3v) is 9.31. The molecular weight excluding hydrogens is 811 g/mol. The minimum atomic E-state index is -1.39. The summed E-state index contributed by atoms with van der Waals surface area (Å²) in [4.78, 5) is 81.8. The van der Waals surface area contributed by atoms with Gasteiger partial charge in [0.25, 0.3) is 0 Å². The zero-order chi connectivity index (χ0) is 47.5. The number of esters is 1. The SMILES string of the molecule is CC[C@H](C)[C@H](NC(=O)OCc1ccccc1)C(=O)N[C@H](C(=O)N[C@H](C(=O)N[C@@H](CCCCNC(=O)OC(C)(C)C)C(=O)Oc1ccccc1)[C@@H](C)OC(C)(C)C)[C@@H](C)OC(C)(C)C. The van der Waals surface area contributed by atoms with Crippen LogP contribution in [0.25, 0.3) is 0 Å². The van der Waals surface area contributed by atoms with E-state index in [-0.39, 0.29) is 31.2 Å². The Hall–Kier alpha value is -5.22. The van der Waals surface area contributed by atoms with E-state index in [0.717, 1.165) is 5.56 Å². The first kappa shape index (κ1) is 53.9. The minimum Gasteiger partial charge on any atom is -0.445 e. The van der Waals surface area contributed by atoms with Crippen molar-refractivity contribution in [1.82, 2.24) is 26.6 Å². The number of amides is 5. The number of carbonyl (C=O) groups excluding carboxylic acids is 6. The first-order chi connectivity index (χ1) is 29.3. The van der Waals surface area contributed by atoms with Crippen molar-refractivity contribution >= 4 is 35.9 Å². The zero-order valence-electron chi connectivity index (χ0n) is 39.5. The third-order valence-electron chi connectivity index (χ3n) is 9.31. The van der Waals surface area contributed by atoms with Crippen molar-refractivity contribution in [3.05, 3.63) is 66.2 Å². The number of unbranched alkanes of at least 4 members (excludes halogenated alkanes) is 1. The van der Waals surface area contributed by atoms with Gasteiger partial charge in [-0.3, -0.25) is 14.4 Å². The smallest absolute Gasteiger partial charge is 0.408 e. The molecule has 0 radical (unpaired) electrons. The Morgan fingerprint density at radius 2 is 1.08 bits per heavy atom. The molecule has 0 heterocycles. The van der Waals surface area contributed by atoms with Gasteiger partial charge in [-0.25, -0.2) is 14.4 Å². The standard InChI is InChI=1S/C47H73N5O11/c1-14-30(2)36(52-44(58)59-29-33-23-17-15-18-24-33)39(53)50-38(32(4)62-46(8,9)10)41(55)51-37(31(3)61-45(5,6)7)40(54)49-35(42(56)60-34-25-19-16-20-26-34)27-21-22-28-48-43(57)63-47(11,12)13/h15-20,23-26,30-32,35-38H,14,21-22,27-29H2,1-13H3,(H,48,57)(H,49,54)(H,50,53)(H,51,55)(H,52,58)/t30-,31+,32+,35-,36-,37-,38-/m0/s1. The molecule has 0 fully saturated rings. The summed E-state index contributed by atoms with van der Waals surface area (Å²) in [7, 11) is 0. The molecular formula is C47H73N5O11. The van der Waals surface area contributed by atoms with Gasteiger partial charge in [0.2, 0.25) is 17.7 Å². The molecule has 7 atom stereocenters. The highest BCUT2D eigenvalue weighted by Crippen LogP contribution is 2.19. The van der Waals surface area contributed by atoms with E-state index in [2.05, 4.69) is 26.6 Å². The number of benzene rings is 2. The largest absolute Gasteiger partial charge is 0.445 e. The van der Waals surface area contributed by atoms with E-state index in [0.29, 0.717) is 19.3 Å². The van der Waals surface area contributed by atoms with Crippen LogP contribution in [0.5, 0.6) is 5.75 Å². The number of hydrogen-bond acceptors (Lipinski definition) is 11. The van der Waals surface area contributed by atoms with Crippen molar-refractivity contribution < 1.29 is 52.5 Å². The van der Waals surface area contributed by atoms with E-state index in [1.807, 2.05) is 25.1 Å². The summed E-state index contributed by atoms with van der Waals surface area (Å²) < 4.78 is 28.7. The maximum absolute atomic E-state index is 14.5. The van der Waals surface area contributed by atoms with Crippen molar-refractivity contribution in [1.29, 1.82) is 0 Å². The van der Waals surface area contributed by atoms with E-state index < -0.39 is 89.1 Å². The van der Waals surface area contributed by atoms with Gasteiger partial charge in [0.1, 0.15) is 42.1 Å². The molecule has 16 heteroatoms. The first-order valence-electron chi connectivity index (χ1n) is 21.8. The van der Waals surface area contributed by atoms with Gasteiger partial charge in [-0.05, 0) is 119 Å². The third kappa shape index (κ3) is 21.6. The van der Waals surface area contributed by atoms with Gasteiger partial charge >= 0.3 is 18.2 Å². The molecule has 0 unspecified atom stereocenters. The van der Waals surface area contributed by atoms with Gasteiger partial charge in [-0.2, -0.15) is 0 Å². The van der Waals surface area contributed by atoms with E-state index in [1.165, 1.54) is 0 Å². The van der Waals surface area contributed by atoms with Gasteiger partial charge < -0.3 is 50.3 Å². The predicted octanol–water partition coefficient (Wildman–Crippen LogP) is 6.49. The van der Waals surface area contributed by atoms with Crippen LogP contribution in [-0.4, -0.2) is 95.6 Å². The Morgan fingerprint density at radius 1 is 0.587 bits per heavy atom. The molecule has 0 aliphatic heterocycles. The minimum absolute atomic E-state index is 0.0164. The molecule has 352 valence electrons. The summed E-state index contributed by atoms with van der Waals surface area (Å²) in [6.45, 7) is 23.2. The van der Waals surface area contributed by atoms with Crippen molar-refractivity contribution in [2.24, 2.45) is 5.92 Å². The van der Waals surface area contributed by atoms with Crippen LogP contribution in [0.1, 0.15) is 121 Å². The molecule has 0 aliphatic carbocycles. The summed E-state index contributed by atoms with van der Waals surface area (Å²) in [6.07, 6.45) is -1.84. The topological polar surface area (TPSA) is 209 Å². The van der Waals surface area contributed by atoms with Gasteiger partial charge in [-0.15, -0.1) is 0 Å². The highest BCUT2D eigenvalue weighted by molar-refractivity contribution is 5.95. The predicted molar refractivity (Wildman–Crippen MR) is 240 cm³/mol. The number of alkyl carbamates (subject to hydrolysis) is 2. The molecule has 5 amide bonds. The lowest BCUT2D eigenvalue weighted by molar-refractivity contribution is -0.146. The highest BCUT2D eigenvalue weighted by atomic mass is 16.6. The number of ether oxygens (including phenoxy) is 5. The number of rotatable bonds is 22. The fourth-order valence-electron chi connectivity index (χ4n) is 6.29. The number of hydrogen-bond donors (Lipinski definition) is 5. The molecule has 16 nitrogen and oxygen atoms in total. The number of nitrogens with one attached hydrogen (secondary N) is 5. The number of carbonyl (C=O) groups is 6. The Bertz CT molecular complexity index is 1760. The normalized spacial score (nSPS) is 15.2. The lowest BCUT2D eigenvalue weighted by Crippen LogP contribution is -2.64. The second kappa shape index (κ2) is 25.2. The lowest BCUT2D eigenvalue weighted by atomic mass is 9.97. The molecule has 0 saturated carbocycles. The molecule has 2 aromatic rings. The molecule has 0 spiro atoms. The molecule has 2 aromatic carbocycles. The van der Waals surface area contributed by atoms with Crippen molar-refractivity contribution in [2.75, 3.05) is 6.54 Å². The van der Waals surface area contributed by atoms with E-state index in [4.69, 9.17) is 23.7 Å². The summed E-state index contributed by atoms with van der Waals surface area (Å²) in [5.41, 5.74) is -1.43. The van der Waals surface area contributed by atoms with Crippen LogP contribution < -0.4 is 31.3 Å².